The maximum Gasteiger partial charge on any atom is 0.228 e. The summed E-state index contributed by atoms with van der Waals surface area (Å²) in [5.41, 5.74) is 6.42. The van der Waals surface area contributed by atoms with Crippen LogP contribution in [0.25, 0.3) is 0 Å². The molecule has 1 saturated heterocycles. The van der Waals surface area contributed by atoms with Crippen molar-refractivity contribution >= 4 is 17.5 Å². The number of carbonyl (C=O) groups is 1. The summed E-state index contributed by atoms with van der Waals surface area (Å²) in [6.07, 6.45) is 2.76. The van der Waals surface area contributed by atoms with Crippen molar-refractivity contribution in [1.82, 2.24) is 4.90 Å². The zero-order valence-electron chi connectivity index (χ0n) is 12.9. The van der Waals surface area contributed by atoms with Crippen molar-refractivity contribution in [3.05, 3.63) is 34.9 Å². The molecule has 1 aromatic rings. The van der Waals surface area contributed by atoms with Crippen LogP contribution in [0.1, 0.15) is 32.3 Å². The molecular weight excluding hydrogens is 284 g/mol. The van der Waals surface area contributed by atoms with E-state index in [1.807, 2.05) is 43.0 Å². The number of carbonyl (C=O) groups excluding carboxylic acids is 1. The molecule has 1 fully saturated rings. The molecule has 2 N–H and O–H groups in total. The summed E-state index contributed by atoms with van der Waals surface area (Å²) in [5.74, 6) is 0.808. The predicted octanol–water partition coefficient (Wildman–Crippen LogP) is 3.11. The summed E-state index contributed by atoms with van der Waals surface area (Å²) in [6, 6.07) is 7.77. The van der Waals surface area contributed by atoms with Gasteiger partial charge in [-0.2, -0.15) is 0 Å². The van der Waals surface area contributed by atoms with E-state index in [1.54, 1.807) is 0 Å². The third-order valence-corrected chi connectivity index (χ3v) is 4.58. The third-order valence-electron chi connectivity index (χ3n) is 4.35. The lowest BCUT2D eigenvalue weighted by Crippen LogP contribution is -2.46. The van der Waals surface area contributed by atoms with E-state index in [0.29, 0.717) is 12.3 Å². The van der Waals surface area contributed by atoms with Gasteiger partial charge in [0.15, 0.2) is 0 Å². The molecule has 0 saturated carbocycles. The van der Waals surface area contributed by atoms with Crippen molar-refractivity contribution in [2.75, 3.05) is 19.6 Å². The Kier molecular flexibility index (Phi) is 5.28. The molecule has 1 aliphatic heterocycles. The molecule has 0 aromatic heterocycles. The largest absolute Gasteiger partial charge is 0.342 e. The molecule has 0 unspecified atom stereocenters. The predicted molar refractivity (Wildman–Crippen MR) is 87.3 cm³/mol. The van der Waals surface area contributed by atoms with E-state index in [4.69, 9.17) is 17.3 Å². The van der Waals surface area contributed by atoms with Crippen LogP contribution in [0.4, 0.5) is 0 Å². The maximum atomic E-state index is 12.8. The molecule has 4 heteroatoms. The summed E-state index contributed by atoms with van der Waals surface area (Å²) in [4.78, 5) is 14.8. The molecule has 2 rings (SSSR count). The van der Waals surface area contributed by atoms with Gasteiger partial charge in [-0.25, -0.2) is 0 Å². The van der Waals surface area contributed by atoms with E-state index in [1.165, 1.54) is 0 Å². The normalized spacial score (nSPS) is 17.0. The molecular formula is C17H25ClN2O. The molecule has 116 valence electrons. The summed E-state index contributed by atoms with van der Waals surface area (Å²) < 4.78 is 0. The van der Waals surface area contributed by atoms with Gasteiger partial charge in [-0.05, 0) is 49.4 Å². The van der Waals surface area contributed by atoms with Crippen molar-refractivity contribution < 1.29 is 4.79 Å². The highest BCUT2D eigenvalue weighted by Gasteiger charge is 2.33. The van der Waals surface area contributed by atoms with Crippen LogP contribution in [0, 0.1) is 11.3 Å². The lowest BCUT2D eigenvalue weighted by atomic mass is 9.83. The van der Waals surface area contributed by atoms with Gasteiger partial charge in [0.25, 0.3) is 0 Å². The second-order valence-corrected chi connectivity index (χ2v) is 7.10. The Balaban J connectivity index is 2.00. The van der Waals surface area contributed by atoms with Gasteiger partial charge < -0.3 is 10.6 Å². The van der Waals surface area contributed by atoms with Gasteiger partial charge in [0.05, 0.1) is 0 Å². The van der Waals surface area contributed by atoms with Crippen LogP contribution >= 0.6 is 11.6 Å². The number of rotatable bonds is 4. The van der Waals surface area contributed by atoms with Gasteiger partial charge in [0, 0.05) is 23.5 Å². The Hall–Kier alpha value is -1.06. The molecule has 1 aromatic carbocycles. The van der Waals surface area contributed by atoms with Gasteiger partial charge >= 0.3 is 0 Å². The minimum atomic E-state index is -0.403. The molecule has 3 nitrogen and oxygen atoms in total. The smallest absolute Gasteiger partial charge is 0.228 e. The molecule has 0 spiro atoms. The fraction of sp³-hybridized carbons (Fsp3) is 0.588. The van der Waals surface area contributed by atoms with Crippen LogP contribution in [-0.2, 0) is 11.2 Å². The molecule has 0 radical (unpaired) electrons. The Bertz CT molecular complexity index is 493. The Labute approximate surface area is 132 Å². The summed E-state index contributed by atoms with van der Waals surface area (Å²) in [5, 5.41) is 0.722. The first-order valence-electron chi connectivity index (χ1n) is 7.66. The Morgan fingerprint density at radius 2 is 2.05 bits per heavy atom. The van der Waals surface area contributed by atoms with E-state index in [-0.39, 0.29) is 5.91 Å². The third kappa shape index (κ3) is 4.21. The average Bonchev–Trinajstić information content (AvgIpc) is 2.46. The first-order valence-corrected chi connectivity index (χ1v) is 8.04. The second kappa shape index (κ2) is 6.80. The topological polar surface area (TPSA) is 46.3 Å². The number of amides is 1. The number of nitrogens with zero attached hydrogens (tertiary/aromatic N) is 1. The molecule has 1 aliphatic rings. The molecule has 0 bridgehead atoms. The van der Waals surface area contributed by atoms with Crippen molar-refractivity contribution in [2.24, 2.45) is 17.1 Å². The van der Waals surface area contributed by atoms with Crippen molar-refractivity contribution in [3.63, 3.8) is 0 Å². The van der Waals surface area contributed by atoms with E-state index in [0.717, 1.165) is 43.1 Å². The first kappa shape index (κ1) is 16.3. The SMILES string of the molecule is CC(C)(Cc1cccc(Cl)c1)C(=O)N1CCC(CN)CC1. The molecule has 21 heavy (non-hydrogen) atoms. The first-order chi connectivity index (χ1) is 9.92. The number of halogens is 1. The van der Waals surface area contributed by atoms with Crippen LogP contribution < -0.4 is 5.73 Å². The summed E-state index contributed by atoms with van der Waals surface area (Å²) in [7, 11) is 0. The summed E-state index contributed by atoms with van der Waals surface area (Å²) >= 11 is 6.03. The molecule has 1 amide bonds. The quantitative estimate of drug-likeness (QED) is 0.929. The van der Waals surface area contributed by atoms with Gasteiger partial charge in [0.2, 0.25) is 5.91 Å². The van der Waals surface area contributed by atoms with Crippen molar-refractivity contribution in [2.45, 2.75) is 33.1 Å². The van der Waals surface area contributed by atoms with Crippen molar-refractivity contribution in [1.29, 1.82) is 0 Å². The van der Waals surface area contributed by atoms with E-state index < -0.39 is 5.41 Å². The fourth-order valence-electron chi connectivity index (χ4n) is 3.03. The lowest BCUT2D eigenvalue weighted by molar-refractivity contribution is -0.141. The zero-order chi connectivity index (χ0) is 15.5. The number of likely N-dealkylation sites (tertiary alicyclic amines) is 1. The highest BCUT2D eigenvalue weighted by atomic mass is 35.5. The van der Waals surface area contributed by atoms with Crippen LogP contribution in [0.15, 0.2) is 24.3 Å². The zero-order valence-corrected chi connectivity index (χ0v) is 13.7. The van der Waals surface area contributed by atoms with Crippen LogP contribution in [0.3, 0.4) is 0 Å². The minimum absolute atomic E-state index is 0.234. The number of hydrogen-bond acceptors (Lipinski definition) is 2. The van der Waals surface area contributed by atoms with E-state index in [2.05, 4.69) is 0 Å². The van der Waals surface area contributed by atoms with Gasteiger partial charge in [-0.3, -0.25) is 4.79 Å². The Morgan fingerprint density at radius 1 is 1.38 bits per heavy atom. The molecule has 0 atom stereocenters. The van der Waals surface area contributed by atoms with Gasteiger partial charge in [0.1, 0.15) is 0 Å². The van der Waals surface area contributed by atoms with Crippen LogP contribution in [0.2, 0.25) is 5.02 Å². The fourth-order valence-corrected chi connectivity index (χ4v) is 3.25. The lowest BCUT2D eigenvalue weighted by Gasteiger charge is -2.37. The number of hydrogen-bond donors (Lipinski definition) is 1. The molecule has 1 heterocycles. The van der Waals surface area contributed by atoms with Crippen LogP contribution in [-0.4, -0.2) is 30.4 Å². The minimum Gasteiger partial charge on any atom is -0.342 e. The number of benzene rings is 1. The van der Waals surface area contributed by atoms with E-state index in [9.17, 15) is 4.79 Å². The van der Waals surface area contributed by atoms with Gasteiger partial charge in [-0.1, -0.05) is 37.6 Å². The monoisotopic (exact) mass is 308 g/mol. The van der Waals surface area contributed by atoms with Crippen molar-refractivity contribution in [3.8, 4) is 0 Å². The number of piperidine rings is 1. The Morgan fingerprint density at radius 3 is 2.62 bits per heavy atom. The maximum absolute atomic E-state index is 12.8. The standard InChI is InChI=1S/C17H25ClN2O/c1-17(2,11-14-4-3-5-15(18)10-14)16(21)20-8-6-13(12-19)7-9-20/h3-5,10,13H,6-9,11-12,19H2,1-2H3. The second-order valence-electron chi connectivity index (χ2n) is 6.66. The highest BCUT2D eigenvalue weighted by molar-refractivity contribution is 6.30. The highest BCUT2D eigenvalue weighted by Crippen LogP contribution is 2.28. The van der Waals surface area contributed by atoms with Crippen LogP contribution in [0.5, 0.6) is 0 Å². The number of nitrogens with two attached hydrogens (primary N) is 1. The average molecular weight is 309 g/mol. The van der Waals surface area contributed by atoms with E-state index >= 15 is 0 Å². The summed E-state index contributed by atoms with van der Waals surface area (Å²) in [6.45, 7) is 6.43. The van der Waals surface area contributed by atoms with Gasteiger partial charge in [-0.15, -0.1) is 0 Å². The molecule has 0 aliphatic carbocycles.